The minimum absolute atomic E-state index is 0.0297. The van der Waals surface area contributed by atoms with Gasteiger partial charge in [0.15, 0.2) is 0 Å². The second-order valence-corrected chi connectivity index (χ2v) is 4.13. The zero-order valence-corrected chi connectivity index (χ0v) is 9.05. The summed E-state index contributed by atoms with van der Waals surface area (Å²) in [5, 5.41) is 6.23. The number of amides is 1. The van der Waals surface area contributed by atoms with Gasteiger partial charge in [-0.3, -0.25) is 4.79 Å². The van der Waals surface area contributed by atoms with E-state index < -0.39 is 6.04 Å². The molecule has 1 amide bonds. The lowest BCUT2D eigenvalue weighted by Gasteiger charge is -2.29. The van der Waals surface area contributed by atoms with Crippen LogP contribution in [0.3, 0.4) is 0 Å². The fraction of sp³-hybridized carbons (Fsp3) is 0.900. The first-order valence-electron chi connectivity index (χ1n) is 5.36. The molecule has 0 aromatic heterocycles. The van der Waals surface area contributed by atoms with E-state index in [9.17, 15) is 4.79 Å². The monoisotopic (exact) mass is 199 g/mol. The molecule has 4 nitrogen and oxygen atoms in total. The molecule has 0 spiro atoms. The van der Waals surface area contributed by atoms with E-state index in [1.165, 1.54) is 0 Å². The van der Waals surface area contributed by atoms with Crippen molar-refractivity contribution in [1.82, 2.24) is 10.6 Å². The molecule has 0 aromatic carbocycles. The Balaban J connectivity index is 2.25. The van der Waals surface area contributed by atoms with Crippen molar-refractivity contribution in [3.05, 3.63) is 0 Å². The van der Waals surface area contributed by atoms with Crippen LogP contribution in [-0.4, -0.2) is 31.1 Å². The first-order chi connectivity index (χ1) is 6.63. The van der Waals surface area contributed by atoms with E-state index in [0.717, 1.165) is 25.7 Å². The SMILES string of the molecule is CNC1CCC(NC(=O)[C@H](C)N)CC1. The second kappa shape index (κ2) is 5.32. The summed E-state index contributed by atoms with van der Waals surface area (Å²) >= 11 is 0. The maximum absolute atomic E-state index is 11.3. The smallest absolute Gasteiger partial charge is 0.236 e. The third kappa shape index (κ3) is 3.27. The lowest BCUT2D eigenvalue weighted by molar-refractivity contribution is -0.122. The van der Waals surface area contributed by atoms with Crippen LogP contribution >= 0.6 is 0 Å². The van der Waals surface area contributed by atoms with Gasteiger partial charge in [-0.2, -0.15) is 0 Å². The molecular formula is C10H21N3O. The minimum Gasteiger partial charge on any atom is -0.352 e. The van der Waals surface area contributed by atoms with Gasteiger partial charge < -0.3 is 16.4 Å². The minimum atomic E-state index is -0.392. The predicted molar refractivity (Wildman–Crippen MR) is 56.9 cm³/mol. The zero-order valence-electron chi connectivity index (χ0n) is 9.05. The van der Waals surface area contributed by atoms with E-state index in [1.54, 1.807) is 6.92 Å². The number of hydrogen-bond acceptors (Lipinski definition) is 3. The van der Waals surface area contributed by atoms with Gasteiger partial charge in [0.2, 0.25) is 5.91 Å². The second-order valence-electron chi connectivity index (χ2n) is 4.13. The van der Waals surface area contributed by atoms with Crippen molar-refractivity contribution in [2.45, 2.75) is 50.7 Å². The molecule has 0 aromatic rings. The average Bonchev–Trinajstić information content (AvgIpc) is 2.19. The van der Waals surface area contributed by atoms with Gasteiger partial charge in [-0.1, -0.05) is 0 Å². The number of hydrogen-bond donors (Lipinski definition) is 3. The summed E-state index contributed by atoms with van der Waals surface area (Å²) in [6, 6.07) is 0.563. The zero-order chi connectivity index (χ0) is 10.6. The normalized spacial score (nSPS) is 29.6. The highest BCUT2D eigenvalue weighted by molar-refractivity contribution is 5.81. The Morgan fingerprint density at radius 1 is 1.29 bits per heavy atom. The first-order valence-corrected chi connectivity index (χ1v) is 5.36. The Bertz CT molecular complexity index is 186. The fourth-order valence-corrected chi connectivity index (χ4v) is 1.86. The van der Waals surface area contributed by atoms with Crippen LogP contribution in [0.25, 0.3) is 0 Å². The van der Waals surface area contributed by atoms with Crippen LogP contribution < -0.4 is 16.4 Å². The Hall–Kier alpha value is -0.610. The van der Waals surface area contributed by atoms with Gasteiger partial charge in [0, 0.05) is 12.1 Å². The van der Waals surface area contributed by atoms with Crippen LogP contribution in [0.1, 0.15) is 32.6 Å². The van der Waals surface area contributed by atoms with Crippen molar-refractivity contribution in [2.24, 2.45) is 5.73 Å². The summed E-state index contributed by atoms with van der Waals surface area (Å²) in [4.78, 5) is 11.3. The maximum atomic E-state index is 11.3. The summed E-state index contributed by atoms with van der Waals surface area (Å²) < 4.78 is 0. The van der Waals surface area contributed by atoms with Gasteiger partial charge in [0.1, 0.15) is 0 Å². The summed E-state index contributed by atoms with van der Waals surface area (Å²) in [7, 11) is 1.99. The highest BCUT2D eigenvalue weighted by atomic mass is 16.2. The van der Waals surface area contributed by atoms with Crippen molar-refractivity contribution >= 4 is 5.91 Å². The lowest BCUT2D eigenvalue weighted by Crippen LogP contribution is -2.46. The van der Waals surface area contributed by atoms with E-state index in [1.807, 2.05) is 7.05 Å². The highest BCUT2D eigenvalue weighted by Crippen LogP contribution is 2.18. The topological polar surface area (TPSA) is 67.1 Å². The molecule has 1 aliphatic rings. The third-order valence-corrected chi connectivity index (χ3v) is 2.90. The lowest BCUT2D eigenvalue weighted by atomic mass is 9.91. The van der Waals surface area contributed by atoms with Gasteiger partial charge in [-0.15, -0.1) is 0 Å². The highest BCUT2D eigenvalue weighted by Gasteiger charge is 2.21. The molecule has 0 unspecified atom stereocenters. The summed E-state index contributed by atoms with van der Waals surface area (Å²) in [6.07, 6.45) is 4.40. The largest absolute Gasteiger partial charge is 0.352 e. The van der Waals surface area contributed by atoms with E-state index >= 15 is 0 Å². The van der Waals surface area contributed by atoms with Crippen LogP contribution in [0.15, 0.2) is 0 Å². The van der Waals surface area contributed by atoms with Gasteiger partial charge in [0.05, 0.1) is 6.04 Å². The summed E-state index contributed by atoms with van der Waals surface area (Å²) in [6.45, 7) is 1.72. The number of carbonyl (C=O) groups excluding carboxylic acids is 1. The van der Waals surface area contributed by atoms with Crippen molar-refractivity contribution < 1.29 is 4.79 Å². The number of carbonyl (C=O) groups is 1. The molecule has 14 heavy (non-hydrogen) atoms. The molecule has 82 valence electrons. The van der Waals surface area contributed by atoms with Crippen molar-refractivity contribution in [1.29, 1.82) is 0 Å². The van der Waals surface area contributed by atoms with Gasteiger partial charge in [-0.05, 0) is 39.7 Å². The van der Waals surface area contributed by atoms with E-state index in [4.69, 9.17) is 5.73 Å². The average molecular weight is 199 g/mol. The third-order valence-electron chi connectivity index (χ3n) is 2.90. The molecule has 0 bridgehead atoms. The molecule has 1 atom stereocenters. The van der Waals surface area contributed by atoms with Crippen LogP contribution in [0.4, 0.5) is 0 Å². The summed E-state index contributed by atoms with van der Waals surface area (Å²) in [5.41, 5.74) is 5.48. The van der Waals surface area contributed by atoms with E-state index in [2.05, 4.69) is 10.6 Å². The summed E-state index contributed by atoms with van der Waals surface area (Å²) in [5.74, 6) is -0.0297. The van der Waals surface area contributed by atoms with E-state index in [0.29, 0.717) is 12.1 Å². The van der Waals surface area contributed by atoms with Crippen molar-refractivity contribution in [3.8, 4) is 0 Å². The van der Waals surface area contributed by atoms with Crippen molar-refractivity contribution in [2.75, 3.05) is 7.05 Å². The fourth-order valence-electron chi connectivity index (χ4n) is 1.86. The molecule has 0 radical (unpaired) electrons. The van der Waals surface area contributed by atoms with Gasteiger partial charge >= 0.3 is 0 Å². The number of nitrogens with two attached hydrogens (primary N) is 1. The van der Waals surface area contributed by atoms with Crippen LogP contribution in [0.2, 0.25) is 0 Å². The van der Waals surface area contributed by atoms with Crippen molar-refractivity contribution in [3.63, 3.8) is 0 Å². The first kappa shape index (κ1) is 11.5. The molecule has 4 heteroatoms. The van der Waals surface area contributed by atoms with Crippen LogP contribution in [0, 0.1) is 0 Å². The van der Waals surface area contributed by atoms with Crippen LogP contribution in [0.5, 0.6) is 0 Å². The number of rotatable bonds is 3. The maximum Gasteiger partial charge on any atom is 0.236 e. The van der Waals surface area contributed by atoms with E-state index in [-0.39, 0.29) is 5.91 Å². The predicted octanol–water partition coefficient (Wildman–Crippen LogP) is -0.0196. The Labute approximate surface area is 85.6 Å². The van der Waals surface area contributed by atoms with Gasteiger partial charge in [0.25, 0.3) is 0 Å². The molecule has 1 aliphatic carbocycles. The van der Waals surface area contributed by atoms with Gasteiger partial charge in [-0.25, -0.2) is 0 Å². The molecular weight excluding hydrogens is 178 g/mol. The molecule has 0 heterocycles. The quantitative estimate of drug-likeness (QED) is 0.598. The molecule has 0 saturated heterocycles. The molecule has 1 rings (SSSR count). The standard InChI is InChI=1S/C10H21N3O/c1-7(11)10(14)13-9-5-3-8(12-2)4-6-9/h7-9,12H,3-6,11H2,1-2H3,(H,13,14)/t7-,8?,9?/m0/s1. The molecule has 1 fully saturated rings. The Morgan fingerprint density at radius 3 is 2.21 bits per heavy atom. The number of nitrogens with one attached hydrogen (secondary N) is 2. The Kier molecular flexibility index (Phi) is 4.35. The van der Waals surface area contributed by atoms with Crippen LogP contribution in [-0.2, 0) is 4.79 Å². The Morgan fingerprint density at radius 2 is 1.79 bits per heavy atom. The molecule has 1 saturated carbocycles. The molecule has 0 aliphatic heterocycles. The molecule has 4 N–H and O–H groups in total.